The number of benzene rings is 2. The van der Waals surface area contributed by atoms with Crippen LogP contribution in [0.5, 0.6) is 0 Å². The number of aryl methyl sites for hydroxylation is 1. The molecule has 0 radical (unpaired) electrons. The number of aromatic nitrogens is 4. The number of ketones is 1. The van der Waals surface area contributed by atoms with E-state index in [2.05, 4.69) is 46.7 Å². The van der Waals surface area contributed by atoms with E-state index in [-0.39, 0.29) is 29.1 Å². The smallest absolute Gasteiger partial charge is 0.324 e. The van der Waals surface area contributed by atoms with Crippen LogP contribution in [0.4, 0.5) is 16.3 Å². The number of hydrogen-bond donors (Lipinski definition) is 4. The Morgan fingerprint density at radius 1 is 1.02 bits per heavy atom. The minimum Gasteiger partial charge on any atom is -0.342 e. The Morgan fingerprint density at radius 3 is 2.45 bits per heavy atom. The van der Waals surface area contributed by atoms with E-state index in [9.17, 15) is 9.59 Å². The summed E-state index contributed by atoms with van der Waals surface area (Å²) >= 11 is 0. The average molecular weight is 540 g/mol. The van der Waals surface area contributed by atoms with Crippen LogP contribution in [0.15, 0.2) is 67.1 Å². The molecule has 2 aromatic carbocycles. The summed E-state index contributed by atoms with van der Waals surface area (Å²) in [6.07, 6.45) is 4.92. The van der Waals surface area contributed by atoms with Crippen LogP contribution in [-0.4, -0.2) is 44.7 Å². The molecule has 3 heterocycles. The Labute approximate surface area is 234 Å². The number of carbonyl (C=O) groups is 2. The molecular weight excluding hydrogens is 502 g/mol. The van der Waals surface area contributed by atoms with E-state index in [1.54, 1.807) is 10.9 Å². The van der Waals surface area contributed by atoms with E-state index < -0.39 is 0 Å². The highest BCUT2D eigenvalue weighted by Crippen LogP contribution is 2.35. The van der Waals surface area contributed by atoms with Crippen LogP contribution < -0.4 is 16.0 Å². The highest BCUT2D eigenvalue weighted by Gasteiger charge is 2.32. The third kappa shape index (κ3) is 6.15. The molecule has 2 amide bonds. The number of H-pyrrole nitrogens is 1. The van der Waals surface area contributed by atoms with Crippen molar-refractivity contribution in [3.63, 3.8) is 0 Å². The van der Waals surface area contributed by atoms with Gasteiger partial charge in [-0.3, -0.25) is 10.1 Å². The third-order valence-electron chi connectivity index (χ3n) is 7.40. The monoisotopic (exact) mass is 539 g/mol. The number of aromatic amines is 1. The predicted molar refractivity (Wildman–Crippen MR) is 157 cm³/mol. The second-order valence-corrected chi connectivity index (χ2v) is 11.5. The van der Waals surface area contributed by atoms with Crippen molar-refractivity contribution < 1.29 is 9.59 Å². The number of piperidine rings is 1. The van der Waals surface area contributed by atoms with Gasteiger partial charge in [-0.05, 0) is 68.6 Å². The molecule has 1 atom stereocenters. The van der Waals surface area contributed by atoms with E-state index in [1.165, 1.54) is 6.33 Å². The highest BCUT2D eigenvalue weighted by atomic mass is 16.2. The molecule has 1 saturated heterocycles. The zero-order valence-electron chi connectivity index (χ0n) is 23.5. The van der Waals surface area contributed by atoms with Gasteiger partial charge in [0.25, 0.3) is 0 Å². The third-order valence-corrected chi connectivity index (χ3v) is 7.40. The van der Waals surface area contributed by atoms with E-state index in [1.807, 2.05) is 61.5 Å². The van der Waals surface area contributed by atoms with Gasteiger partial charge in [0.1, 0.15) is 11.5 Å². The Kier molecular flexibility index (Phi) is 7.84. The quantitative estimate of drug-likeness (QED) is 0.221. The van der Waals surface area contributed by atoms with Gasteiger partial charge in [-0.25, -0.2) is 14.5 Å². The first-order chi connectivity index (χ1) is 19.2. The number of rotatable bonds is 7. The molecule has 1 fully saturated rings. The van der Waals surface area contributed by atoms with E-state index in [0.717, 1.165) is 48.4 Å². The summed E-state index contributed by atoms with van der Waals surface area (Å²) in [5, 5.41) is 14.1. The maximum Gasteiger partial charge on any atom is 0.324 e. The summed E-state index contributed by atoms with van der Waals surface area (Å²) in [4.78, 5) is 33.8. The molecular formula is C31H37N7O2. The van der Waals surface area contributed by atoms with Gasteiger partial charge in [0.2, 0.25) is 0 Å². The second kappa shape index (κ2) is 11.5. The number of nitrogens with one attached hydrogen (secondary N) is 4. The largest absolute Gasteiger partial charge is 0.342 e. The normalized spacial score (nSPS) is 15.0. The summed E-state index contributed by atoms with van der Waals surface area (Å²) in [6.45, 7) is 10.1. The van der Waals surface area contributed by atoms with Crippen molar-refractivity contribution in [2.75, 3.05) is 23.7 Å². The van der Waals surface area contributed by atoms with Crippen molar-refractivity contribution in [1.29, 1.82) is 0 Å². The first-order valence-electron chi connectivity index (χ1n) is 13.8. The topological polar surface area (TPSA) is 117 Å². The van der Waals surface area contributed by atoms with Crippen LogP contribution >= 0.6 is 0 Å². The van der Waals surface area contributed by atoms with Gasteiger partial charge < -0.3 is 15.6 Å². The van der Waals surface area contributed by atoms with Gasteiger partial charge in [-0.2, -0.15) is 5.10 Å². The van der Waals surface area contributed by atoms with Crippen molar-refractivity contribution in [3.8, 4) is 5.69 Å². The molecule has 0 aliphatic carbocycles. The highest BCUT2D eigenvalue weighted by molar-refractivity contribution is 6.01. The van der Waals surface area contributed by atoms with Gasteiger partial charge in [-0.1, -0.05) is 50.6 Å². The van der Waals surface area contributed by atoms with Crippen LogP contribution in [0.2, 0.25) is 0 Å². The Morgan fingerprint density at radius 2 is 1.77 bits per heavy atom. The summed E-state index contributed by atoms with van der Waals surface area (Å²) in [6, 6.07) is 17.1. The summed E-state index contributed by atoms with van der Waals surface area (Å²) in [7, 11) is 0. The summed E-state index contributed by atoms with van der Waals surface area (Å²) in [5.74, 6) is 0.456. The molecule has 1 aliphatic rings. The lowest BCUT2D eigenvalue weighted by molar-refractivity contribution is 0.0911. The number of anilines is 2. The van der Waals surface area contributed by atoms with Gasteiger partial charge in [0, 0.05) is 17.2 Å². The fourth-order valence-electron chi connectivity index (χ4n) is 5.18. The van der Waals surface area contributed by atoms with Crippen molar-refractivity contribution in [3.05, 3.63) is 89.6 Å². The van der Waals surface area contributed by atoms with E-state index in [4.69, 9.17) is 5.10 Å². The first kappa shape index (κ1) is 27.3. The molecule has 9 heteroatoms. The second-order valence-electron chi connectivity index (χ2n) is 11.5. The molecule has 5 rings (SSSR count). The SMILES string of the molecule is Cc1ccc(-n2nc(C(C)(C)C)cc2NC(=O)Nc2cccc(C(C(=O)c3cnc[nH]3)C3CCNCC3)c2)cc1. The number of hydrogen-bond acceptors (Lipinski definition) is 5. The molecule has 0 spiro atoms. The standard InChI is InChI=1S/C31H37N7O2/c1-20-8-10-24(11-9-20)38-27(17-26(37-38)31(2,3)4)36-30(40)35-23-7-5-6-22(16-23)28(21-12-14-32-15-13-21)29(39)25-18-33-19-34-25/h5-11,16-19,21,28,32H,12-15H2,1-4H3,(H,33,34)(H2,35,36,40). The van der Waals surface area contributed by atoms with E-state index >= 15 is 0 Å². The molecule has 1 unspecified atom stereocenters. The number of imidazole rings is 1. The number of amides is 2. The Balaban J connectivity index is 1.39. The molecule has 1 aliphatic heterocycles. The summed E-state index contributed by atoms with van der Waals surface area (Å²) < 4.78 is 1.76. The van der Waals surface area contributed by atoms with Crippen LogP contribution in [0.3, 0.4) is 0 Å². The Bertz CT molecular complexity index is 1460. The van der Waals surface area contributed by atoms with Crippen LogP contribution in [0.1, 0.15) is 66.8 Å². The maximum absolute atomic E-state index is 13.6. The molecule has 9 nitrogen and oxygen atoms in total. The number of nitrogens with zero attached hydrogens (tertiary/aromatic N) is 3. The lowest BCUT2D eigenvalue weighted by Crippen LogP contribution is -2.33. The number of Topliss-reactive ketones (excluding diaryl/α,β-unsaturated/α-hetero) is 1. The number of urea groups is 1. The lowest BCUT2D eigenvalue weighted by atomic mass is 9.77. The zero-order chi connectivity index (χ0) is 28.3. The van der Waals surface area contributed by atoms with Crippen molar-refractivity contribution in [1.82, 2.24) is 25.1 Å². The fraction of sp³-hybridized carbons (Fsp3) is 0.355. The molecule has 4 N–H and O–H groups in total. The average Bonchev–Trinajstić information content (AvgIpc) is 3.61. The molecule has 40 heavy (non-hydrogen) atoms. The predicted octanol–water partition coefficient (Wildman–Crippen LogP) is 5.81. The van der Waals surface area contributed by atoms with Crippen LogP contribution in [0, 0.1) is 12.8 Å². The molecule has 2 aromatic heterocycles. The van der Waals surface area contributed by atoms with E-state index in [0.29, 0.717) is 17.2 Å². The molecule has 4 aromatic rings. The minimum absolute atomic E-state index is 0.0164. The van der Waals surface area contributed by atoms with Crippen LogP contribution in [-0.2, 0) is 5.41 Å². The first-order valence-corrected chi connectivity index (χ1v) is 13.8. The van der Waals surface area contributed by atoms with Gasteiger partial charge in [0.15, 0.2) is 5.78 Å². The minimum atomic E-state index is -0.385. The van der Waals surface area contributed by atoms with Crippen LogP contribution in [0.25, 0.3) is 5.69 Å². The molecule has 0 saturated carbocycles. The maximum atomic E-state index is 13.6. The zero-order valence-corrected chi connectivity index (χ0v) is 23.5. The van der Waals surface area contributed by atoms with Crippen molar-refractivity contribution >= 4 is 23.3 Å². The summed E-state index contributed by atoms with van der Waals surface area (Å²) in [5.41, 5.74) is 4.68. The van der Waals surface area contributed by atoms with Crippen molar-refractivity contribution in [2.24, 2.45) is 5.92 Å². The van der Waals surface area contributed by atoms with Crippen molar-refractivity contribution in [2.45, 2.75) is 51.9 Å². The molecule has 0 bridgehead atoms. The molecule has 208 valence electrons. The fourth-order valence-corrected chi connectivity index (χ4v) is 5.18. The van der Waals surface area contributed by atoms with Gasteiger partial charge in [-0.15, -0.1) is 0 Å². The van der Waals surface area contributed by atoms with Gasteiger partial charge in [0.05, 0.1) is 29.8 Å². The lowest BCUT2D eigenvalue weighted by Gasteiger charge is -2.30. The van der Waals surface area contributed by atoms with Gasteiger partial charge >= 0.3 is 6.03 Å². The number of carbonyl (C=O) groups excluding carboxylic acids is 2. The Hall–Kier alpha value is -4.24.